The summed E-state index contributed by atoms with van der Waals surface area (Å²) in [5, 5.41) is 5.25. The van der Waals surface area contributed by atoms with Gasteiger partial charge in [-0.25, -0.2) is 0 Å². The molecule has 2 heterocycles. The Kier molecular flexibility index (Phi) is 8.79. The van der Waals surface area contributed by atoms with Gasteiger partial charge in [0, 0.05) is 36.2 Å². The lowest BCUT2D eigenvalue weighted by Gasteiger charge is -2.29. The summed E-state index contributed by atoms with van der Waals surface area (Å²) >= 11 is 0. The molecule has 0 saturated carbocycles. The average Bonchev–Trinajstić information content (AvgIpc) is 3.10. The second-order valence-electron chi connectivity index (χ2n) is 8.65. The normalized spacial score (nSPS) is 18.0. The van der Waals surface area contributed by atoms with Gasteiger partial charge in [0.05, 0.1) is 0 Å². The van der Waals surface area contributed by atoms with Crippen molar-refractivity contribution in [3.05, 3.63) is 29.3 Å². The molecule has 2 aliphatic heterocycles. The third-order valence-corrected chi connectivity index (χ3v) is 6.21. The SMILES string of the molecule is NCCCCCCCCCCC(=O)Nc1cccc2c1CN(C1CCC(=O)NC1=O)C2=O. The van der Waals surface area contributed by atoms with Crippen molar-refractivity contribution in [2.75, 3.05) is 11.9 Å². The molecule has 0 radical (unpaired) electrons. The van der Waals surface area contributed by atoms with Gasteiger partial charge in [0.15, 0.2) is 0 Å². The van der Waals surface area contributed by atoms with Gasteiger partial charge >= 0.3 is 0 Å². The van der Waals surface area contributed by atoms with Gasteiger partial charge in [-0.05, 0) is 37.9 Å². The van der Waals surface area contributed by atoms with Gasteiger partial charge in [-0.1, -0.05) is 44.6 Å². The minimum absolute atomic E-state index is 0.0618. The number of rotatable bonds is 12. The maximum absolute atomic E-state index is 12.9. The van der Waals surface area contributed by atoms with E-state index in [1.54, 1.807) is 18.2 Å². The van der Waals surface area contributed by atoms with Crippen LogP contribution in [0.1, 0.15) is 86.6 Å². The second-order valence-corrected chi connectivity index (χ2v) is 8.65. The van der Waals surface area contributed by atoms with Crippen LogP contribution < -0.4 is 16.4 Å². The van der Waals surface area contributed by atoms with Crippen LogP contribution in [-0.4, -0.2) is 41.1 Å². The van der Waals surface area contributed by atoms with Gasteiger partial charge in [0.25, 0.3) is 5.91 Å². The third-order valence-electron chi connectivity index (χ3n) is 6.21. The van der Waals surface area contributed by atoms with Crippen LogP contribution in [0.3, 0.4) is 0 Å². The van der Waals surface area contributed by atoms with Crippen LogP contribution in [0.4, 0.5) is 5.69 Å². The lowest BCUT2D eigenvalue weighted by Crippen LogP contribution is -2.52. The number of piperidine rings is 1. The van der Waals surface area contributed by atoms with Crippen LogP contribution in [0.25, 0.3) is 0 Å². The summed E-state index contributed by atoms with van der Waals surface area (Å²) in [4.78, 5) is 50.4. The molecule has 0 aliphatic carbocycles. The van der Waals surface area contributed by atoms with Crippen LogP contribution >= 0.6 is 0 Å². The second kappa shape index (κ2) is 11.8. The van der Waals surface area contributed by atoms with Gasteiger partial charge in [-0.2, -0.15) is 0 Å². The van der Waals surface area contributed by atoms with Crippen LogP contribution in [0.15, 0.2) is 18.2 Å². The van der Waals surface area contributed by atoms with Gasteiger partial charge in [-0.3, -0.25) is 24.5 Å². The number of hydrogen-bond acceptors (Lipinski definition) is 5. The van der Waals surface area contributed by atoms with Gasteiger partial charge < -0.3 is 16.0 Å². The molecule has 32 heavy (non-hydrogen) atoms. The summed E-state index contributed by atoms with van der Waals surface area (Å²) in [6.45, 7) is 1.02. The van der Waals surface area contributed by atoms with Crippen molar-refractivity contribution in [1.29, 1.82) is 0 Å². The first-order valence-electron chi connectivity index (χ1n) is 11.8. The van der Waals surface area contributed by atoms with Crippen LogP contribution in [-0.2, 0) is 20.9 Å². The van der Waals surface area contributed by atoms with E-state index in [-0.39, 0.29) is 30.7 Å². The van der Waals surface area contributed by atoms with Crippen molar-refractivity contribution in [3.8, 4) is 0 Å². The average molecular weight is 443 g/mol. The molecule has 1 atom stereocenters. The number of imide groups is 1. The predicted molar refractivity (Wildman–Crippen MR) is 122 cm³/mol. The van der Waals surface area contributed by atoms with E-state index in [1.807, 2.05) is 0 Å². The van der Waals surface area contributed by atoms with E-state index in [2.05, 4.69) is 10.6 Å². The largest absolute Gasteiger partial charge is 0.330 e. The fourth-order valence-corrected chi connectivity index (χ4v) is 4.41. The lowest BCUT2D eigenvalue weighted by atomic mass is 10.0. The van der Waals surface area contributed by atoms with Gasteiger partial charge in [0.1, 0.15) is 6.04 Å². The van der Waals surface area contributed by atoms with Crippen LogP contribution in [0.2, 0.25) is 0 Å². The maximum atomic E-state index is 12.9. The Balaban J connectivity index is 1.46. The highest BCUT2D eigenvalue weighted by Crippen LogP contribution is 2.32. The Morgan fingerprint density at radius 3 is 2.41 bits per heavy atom. The van der Waals surface area contributed by atoms with E-state index in [0.717, 1.165) is 37.8 Å². The Hall–Kier alpha value is -2.74. The van der Waals surface area contributed by atoms with Crippen molar-refractivity contribution in [2.24, 2.45) is 5.73 Å². The quantitative estimate of drug-likeness (QED) is 0.339. The Bertz CT molecular complexity index is 854. The standard InChI is InChI=1S/C24H34N4O4/c25-15-8-6-4-2-1-3-5-7-12-21(29)26-19-11-9-10-17-18(19)16-28(24(17)32)20-13-14-22(30)27-23(20)31/h9-11,20H,1-8,12-16,25H2,(H,26,29)(H,27,30,31). The molecular formula is C24H34N4O4. The number of hydrogen-bond donors (Lipinski definition) is 3. The molecule has 1 aromatic carbocycles. The van der Waals surface area contributed by atoms with Crippen molar-refractivity contribution in [3.63, 3.8) is 0 Å². The zero-order chi connectivity index (χ0) is 22.9. The van der Waals surface area contributed by atoms with Crippen LogP contribution in [0, 0.1) is 0 Å². The number of unbranched alkanes of at least 4 members (excludes halogenated alkanes) is 7. The number of nitrogens with two attached hydrogens (primary N) is 1. The van der Waals surface area contributed by atoms with Gasteiger partial charge in [0.2, 0.25) is 17.7 Å². The van der Waals surface area contributed by atoms with Gasteiger partial charge in [-0.15, -0.1) is 0 Å². The molecule has 1 aromatic rings. The van der Waals surface area contributed by atoms with Crippen molar-refractivity contribution in [1.82, 2.24) is 10.2 Å². The molecule has 2 aliphatic rings. The fraction of sp³-hybridized carbons (Fsp3) is 0.583. The first-order chi connectivity index (χ1) is 15.5. The number of amides is 4. The highest BCUT2D eigenvalue weighted by molar-refractivity contribution is 6.06. The minimum atomic E-state index is -0.661. The molecule has 1 saturated heterocycles. The molecule has 8 heteroatoms. The number of nitrogens with one attached hydrogen (secondary N) is 2. The summed E-state index contributed by atoms with van der Waals surface area (Å²) in [6, 6.07) is 4.59. The molecule has 8 nitrogen and oxygen atoms in total. The first kappa shape index (κ1) is 23.9. The van der Waals surface area contributed by atoms with E-state index in [9.17, 15) is 19.2 Å². The Morgan fingerprint density at radius 2 is 1.72 bits per heavy atom. The molecule has 0 spiro atoms. The van der Waals surface area contributed by atoms with E-state index in [4.69, 9.17) is 5.73 Å². The van der Waals surface area contributed by atoms with E-state index in [0.29, 0.717) is 24.1 Å². The topological polar surface area (TPSA) is 122 Å². The monoisotopic (exact) mass is 442 g/mol. The first-order valence-corrected chi connectivity index (χ1v) is 11.8. The number of nitrogens with zero attached hydrogens (tertiary/aromatic N) is 1. The molecule has 174 valence electrons. The number of anilines is 1. The summed E-state index contributed by atoms with van der Waals surface area (Å²) in [7, 11) is 0. The number of benzene rings is 1. The van der Waals surface area contributed by atoms with E-state index < -0.39 is 11.9 Å². The highest BCUT2D eigenvalue weighted by atomic mass is 16.2. The number of fused-ring (bicyclic) bond motifs is 1. The smallest absolute Gasteiger partial charge is 0.255 e. The zero-order valence-electron chi connectivity index (χ0n) is 18.7. The van der Waals surface area contributed by atoms with E-state index >= 15 is 0 Å². The van der Waals surface area contributed by atoms with E-state index in [1.165, 1.54) is 30.6 Å². The molecular weight excluding hydrogens is 408 g/mol. The van der Waals surface area contributed by atoms with Crippen molar-refractivity contribution >= 4 is 29.3 Å². The number of carbonyl (C=O) groups is 4. The van der Waals surface area contributed by atoms with Crippen LogP contribution in [0.5, 0.6) is 0 Å². The predicted octanol–water partition coefficient (Wildman–Crippen LogP) is 2.86. The van der Waals surface area contributed by atoms with Crippen molar-refractivity contribution < 1.29 is 19.2 Å². The number of carbonyl (C=O) groups excluding carboxylic acids is 4. The summed E-state index contributed by atoms with van der Waals surface area (Å²) in [6.07, 6.45) is 9.91. The molecule has 1 unspecified atom stereocenters. The molecule has 1 fully saturated rings. The minimum Gasteiger partial charge on any atom is -0.330 e. The Morgan fingerprint density at radius 1 is 1.03 bits per heavy atom. The third kappa shape index (κ3) is 6.16. The van der Waals surface area contributed by atoms with Crippen molar-refractivity contribution in [2.45, 2.75) is 83.2 Å². The fourth-order valence-electron chi connectivity index (χ4n) is 4.41. The molecule has 0 bridgehead atoms. The molecule has 4 N–H and O–H groups in total. The maximum Gasteiger partial charge on any atom is 0.255 e. The summed E-state index contributed by atoms with van der Waals surface area (Å²) in [5.41, 5.74) is 7.35. The Labute approximate surface area is 189 Å². The molecule has 3 rings (SSSR count). The summed E-state index contributed by atoms with van der Waals surface area (Å²) < 4.78 is 0. The highest BCUT2D eigenvalue weighted by Gasteiger charge is 2.39. The summed E-state index contributed by atoms with van der Waals surface area (Å²) in [5.74, 6) is -1.05. The molecule has 4 amide bonds. The zero-order valence-corrected chi connectivity index (χ0v) is 18.7. The lowest BCUT2D eigenvalue weighted by molar-refractivity contribution is -0.137. The molecule has 0 aromatic heterocycles.